The number of methoxy groups -OCH3 is 1. The van der Waals surface area contributed by atoms with E-state index in [0.717, 1.165) is 12.8 Å². The molecule has 0 radical (unpaired) electrons. The first kappa shape index (κ1) is 15.5. The highest BCUT2D eigenvalue weighted by molar-refractivity contribution is 5.91. The van der Waals surface area contributed by atoms with Gasteiger partial charge in [-0.2, -0.15) is 5.10 Å². The van der Waals surface area contributed by atoms with E-state index in [4.69, 9.17) is 10.5 Å². The van der Waals surface area contributed by atoms with Gasteiger partial charge in [0.25, 0.3) is 0 Å². The zero-order valence-corrected chi connectivity index (χ0v) is 13.2. The Balaban J connectivity index is 1.57. The van der Waals surface area contributed by atoms with E-state index < -0.39 is 0 Å². The van der Waals surface area contributed by atoms with E-state index in [1.807, 2.05) is 12.3 Å². The maximum absolute atomic E-state index is 12.5. The molecule has 6 heteroatoms. The van der Waals surface area contributed by atoms with Crippen molar-refractivity contribution in [2.45, 2.75) is 44.7 Å². The number of aromatic nitrogens is 2. The summed E-state index contributed by atoms with van der Waals surface area (Å²) in [7, 11) is 1.66. The Morgan fingerprint density at radius 1 is 1.45 bits per heavy atom. The Kier molecular flexibility index (Phi) is 4.78. The maximum atomic E-state index is 12.5. The molecule has 6 nitrogen and oxygen atoms in total. The van der Waals surface area contributed by atoms with E-state index >= 15 is 0 Å². The molecule has 0 saturated heterocycles. The van der Waals surface area contributed by atoms with Crippen LogP contribution < -0.4 is 11.1 Å². The van der Waals surface area contributed by atoms with E-state index in [9.17, 15) is 4.79 Å². The highest BCUT2D eigenvalue weighted by Gasteiger charge is 2.40. The molecule has 2 fully saturated rings. The molecule has 1 heterocycles. The zero-order valence-electron chi connectivity index (χ0n) is 13.2. The van der Waals surface area contributed by atoms with Crippen LogP contribution in [0.25, 0.3) is 0 Å². The van der Waals surface area contributed by atoms with E-state index in [-0.39, 0.29) is 11.8 Å². The normalized spacial score (nSPS) is 31.0. The molecule has 3 rings (SSSR count). The van der Waals surface area contributed by atoms with E-state index in [2.05, 4.69) is 10.4 Å². The highest BCUT2D eigenvalue weighted by atomic mass is 16.5. The Morgan fingerprint density at radius 2 is 2.18 bits per heavy atom. The van der Waals surface area contributed by atoms with Crippen LogP contribution in [0.1, 0.15) is 32.1 Å². The molecule has 1 aromatic heterocycles. The maximum Gasteiger partial charge on any atom is 0.228 e. The van der Waals surface area contributed by atoms with E-state index in [0.29, 0.717) is 36.8 Å². The van der Waals surface area contributed by atoms with Crippen LogP contribution in [0.5, 0.6) is 0 Å². The van der Waals surface area contributed by atoms with Gasteiger partial charge in [-0.3, -0.25) is 9.48 Å². The standard InChI is InChI=1S/C16H26N4O2/c1-22-8-7-20-6-5-14(19-20)18-16(21)13-9-11-3-2-4-12(10-13)15(11)17/h5-6,11-13,15H,2-4,7-10,17H2,1H3,(H,18,19,21). The average molecular weight is 306 g/mol. The van der Waals surface area contributed by atoms with Crippen molar-refractivity contribution in [1.82, 2.24) is 9.78 Å². The SMILES string of the molecule is COCCn1ccc(NC(=O)C2CC3CCCC(C2)C3N)n1. The molecule has 2 aliphatic carbocycles. The van der Waals surface area contributed by atoms with E-state index in [1.165, 1.54) is 19.3 Å². The topological polar surface area (TPSA) is 82.2 Å². The number of hydrogen-bond acceptors (Lipinski definition) is 4. The van der Waals surface area contributed by atoms with Crippen LogP contribution >= 0.6 is 0 Å². The fourth-order valence-corrected chi connectivity index (χ4v) is 3.97. The van der Waals surface area contributed by atoms with Crippen molar-refractivity contribution in [3.05, 3.63) is 12.3 Å². The van der Waals surface area contributed by atoms with Crippen molar-refractivity contribution in [2.24, 2.45) is 23.5 Å². The summed E-state index contributed by atoms with van der Waals surface area (Å²) < 4.78 is 6.81. The fourth-order valence-electron chi connectivity index (χ4n) is 3.97. The molecule has 0 aromatic carbocycles. The van der Waals surface area contributed by atoms with Crippen LogP contribution in [-0.2, 0) is 16.1 Å². The molecule has 0 aliphatic heterocycles. The van der Waals surface area contributed by atoms with Crippen LogP contribution in [0, 0.1) is 17.8 Å². The summed E-state index contributed by atoms with van der Waals surface area (Å²) in [4.78, 5) is 12.5. The minimum Gasteiger partial charge on any atom is -0.383 e. The lowest BCUT2D eigenvalue weighted by atomic mass is 9.65. The summed E-state index contributed by atoms with van der Waals surface area (Å²) in [5.41, 5.74) is 6.29. The van der Waals surface area contributed by atoms with Gasteiger partial charge in [-0.25, -0.2) is 0 Å². The van der Waals surface area contributed by atoms with Crippen molar-refractivity contribution >= 4 is 11.7 Å². The van der Waals surface area contributed by atoms with Gasteiger partial charge in [-0.1, -0.05) is 6.42 Å². The quantitative estimate of drug-likeness (QED) is 0.866. The number of nitrogens with two attached hydrogens (primary N) is 1. The number of carbonyl (C=O) groups is 1. The summed E-state index contributed by atoms with van der Waals surface area (Å²) in [5, 5.41) is 7.31. The average Bonchev–Trinajstić information content (AvgIpc) is 2.92. The molecule has 2 aliphatic rings. The molecule has 3 N–H and O–H groups in total. The smallest absolute Gasteiger partial charge is 0.228 e. The number of nitrogens with one attached hydrogen (secondary N) is 1. The molecule has 2 saturated carbocycles. The van der Waals surface area contributed by atoms with Gasteiger partial charge in [0.2, 0.25) is 5.91 Å². The molecule has 2 atom stereocenters. The number of carbonyl (C=O) groups excluding carboxylic acids is 1. The second-order valence-corrected chi connectivity index (χ2v) is 6.64. The van der Waals surface area contributed by atoms with Gasteiger partial charge in [-0.05, 0) is 37.5 Å². The number of rotatable bonds is 5. The van der Waals surface area contributed by atoms with Crippen LogP contribution in [-0.4, -0.2) is 35.4 Å². The van der Waals surface area contributed by atoms with Crippen LogP contribution in [0.2, 0.25) is 0 Å². The predicted octanol–water partition coefficient (Wildman–Crippen LogP) is 1.62. The number of fused-ring (bicyclic) bond motifs is 2. The van der Waals surface area contributed by atoms with Gasteiger partial charge in [0.05, 0.1) is 13.2 Å². The number of amides is 1. The third kappa shape index (κ3) is 3.33. The molecule has 1 amide bonds. The first-order valence-electron chi connectivity index (χ1n) is 8.26. The Labute approximate surface area is 131 Å². The first-order valence-corrected chi connectivity index (χ1v) is 8.26. The monoisotopic (exact) mass is 306 g/mol. The summed E-state index contributed by atoms with van der Waals surface area (Å²) in [6.07, 6.45) is 7.32. The molecule has 2 bridgehead atoms. The zero-order chi connectivity index (χ0) is 15.5. The lowest BCUT2D eigenvalue weighted by molar-refractivity contribution is -0.122. The number of hydrogen-bond donors (Lipinski definition) is 2. The van der Waals surface area contributed by atoms with Gasteiger partial charge >= 0.3 is 0 Å². The molecular weight excluding hydrogens is 280 g/mol. The molecule has 122 valence electrons. The molecule has 2 unspecified atom stereocenters. The minimum atomic E-state index is 0.0826. The summed E-state index contributed by atoms with van der Waals surface area (Å²) in [6, 6.07) is 2.13. The second-order valence-electron chi connectivity index (χ2n) is 6.64. The number of nitrogens with zero attached hydrogens (tertiary/aromatic N) is 2. The van der Waals surface area contributed by atoms with E-state index in [1.54, 1.807) is 11.8 Å². The van der Waals surface area contributed by atoms with Crippen molar-refractivity contribution in [1.29, 1.82) is 0 Å². The van der Waals surface area contributed by atoms with Crippen molar-refractivity contribution in [2.75, 3.05) is 19.0 Å². The number of ether oxygens (including phenoxy) is 1. The lowest BCUT2D eigenvalue weighted by Gasteiger charge is -2.43. The van der Waals surface area contributed by atoms with Gasteiger partial charge in [0.15, 0.2) is 5.82 Å². The largest absolute Gasteiger partial charge is 0.383 e. The third-order valence-corrected chi connectivity index (χ3v) is 5.20. The van der Waals surface area contributed by atoms with Crippen LogP contribution in [0.3, 0.4) is 0 Å². The van der Waals surface area contributed by atoms with Crippen LogP contribution in [0.4, 0.5) is 5.82 Å². The molecule has 1 aromatic rings. The van der Waals surface area contributed by atoms with Crippen molar-refractivity contribution < 1.29 is 9.53 Å². The summed E-state index contributed by atoms with van der Waals surface area (Å²) in [5.74, 6) is 1.84. The highest BCUT2D eigenvalue weighted by Crippen LogP contribution is 2.42. The first-order chi connectivity index (χ1) is 10.7. The third-order valence-electron chi connectivity index (χ3n) is 5.20. The Bertz CT molecular complexity index is 502. The molecular formula is C16H26N4O2. The number of anilines is 1. The Hall–Kier alpha value is -1.40. The summed E-state index contributed by atoms with van der Waals surface area (Å²) in [6.45, 7) is 1.30. The summed E-state index contributed by atoms with van der Waals surface area (Å²) >= 11 is 0. The van der Waals surface area contributed by atoms with Gasteiger partial charge in [0.1, 0.15) is 0 Å². The molecule has 0 spiro atoms. The van der Waals surface area contributed by atoms with Crippen molar-refractivity contribution in [3.8, 4) is 0 Å². The van der Waals surface area contributed by atoms with Gasteiger partial charge < -0.3 is 15.8 Å². The van der Waals surface area contributed by atoms with Gasteiger partial charge in [-0.15, -0.1) is 0 Å². The Morgan fingerprint density at radius 3 is 2.86 bits per heavy atom. The lowest BCUT2D eigenvalue weighted by Crippen LogP contribution is -2.48. The van der Waals surface area contributed by atoms with Crippen LogP contribution in [0.15, 0.2) is 12.3 Å². The fraction of sp³-hybridized carbons (Fsp3) is 0.750. The van der Waals surface area contributed by atoms with Gasteiger partial charge in [0, 0.05) is 31.3 Å². The van der Waals surface area contributed by atoms with Crippen molar-refractivity contribution in [3.63, 3.8) is 0 Å². The minimum absolute atomic E-state index is 0.0826. The second kappa shape index (κ2) is 6.79. The molecule has 22 heavy (non-hydrogen) atoms. The predicted molar refractivity (Wildman–Crippen MR) is 84.3 cm³/mol.